The Balaban J connectivity index is 1.49. The van der Waals surface area contributed by atoms with Crippen LogP contribution in [0.3, 0.4) is 0 Å². The SMILES string of the molecule is O=[N+]([O-])c1ccc2nc(N3CCCC3c3ccc4c(c3)OCCO4)sc2c1. The van der Waals surface area contributed by atoms with Crippen molar-refractivity contribution in [2.75, 3.05) is 24.7 Å². The third-order valence-electron chi connectivity index (χ3n) is 5.02. The third kappa shape index (κ3) is 2.86. The van der Waals surface area contributed by atoms with Gasteiger partial charge >= 0.3 is 0 Å². The van der Waals surface area contributed by atoms with Gasteiger partial charge in [-0.15, -0.1) is 0 Å². The highest BCUT2D eigenvalue weighted by molar-refractivity contribution is 7.22. The molecular formula is C19H17N3O4S. The van der Waals surface area contributed by atoms with Crippen LogP contribution in [0.5, 0.6) is 11.5 Å². The molecule has 1 fully saturated rings. The predicted octanol–water partition coefficient (Wildman–Crippen LogP) is 4.32. The van der Waals surface area contributed by atoms with Crippen molar-refractivity contribution in [1.29, 1.82) is 0 Å². The molecular weight excluding hydrogens is 366 g/mol. The number of ether oxygens (including phenoxy) is 2. The fourth-order valence-electron chi connectivity index (χ4n) is 3.75. The van der Waals surface area contributed by atoms with Crippen molar-refractivity contribution in [2.45, 2.75) is 18.9 Å². The van der Waals surface area contributed by atoms with Gasteiger partial charge in [0.05, 0.1) is 21.2 Å². The average Bonchev–Trinajstić information content (AvgIpc) is 3.33. The number of hydrogen-bond donors (Lipinski definition) is 0. The Morgan fingerprint density at radius 1 is 1.15 bits per heavy atom. The Labute approximate surface area is 159 Å². The number of nitro benzene ring substituents is 1. The summed E-state index contributed by atoms with van der Waals surface area (Å²) < 4.78 is 12.2. The fourth-order valence-corrected chi connectivity index (χ4v) is 4.82. The molecule has 2 aliphatic rings. The van der Waals surface area contributed by atoms with Crippen LogP contribution in [0, 0.1) is 10.1 Å². The molecule has 3 heterocycles. The number of aromatic nitrogens is 1. The Hall–Kier alpha value is -2.87. The summed E-state index contributed by atoms with van der Waals surface area (Å²) in [4.78, 5) is 17.7. The summed E-state index contributed by atoms with van der Waals surface area (Å²) in [5.41, 5.74) is 2.08. The van der Waals surface area contributed by atoms with Gasteiger partial charge < -0.3 is 14.4 Å². The molecule has 1 unspecified atom stereocenters. The van der Waals surface area contributed by atoms with Crippen molar-refractivity contribution < 1.29 is 14.4 Å². The monoisotopic (exact) mass is 383 g/mol. The van der Waals surface area contributed by atoms with Crippen LogP contribution in [0.4, 0.5) is 10.8 Å². The quantitative estimate of drug-likeness (QED) is 0.495. The molecule has 3 aromatic rings. The van der Waals surface area contributed by atoms with Crippen molar-refractivity contribution in [3.8, 4) is 11.5 Å². The first-order valence-corrected chi connectivity index (χ1v) is 9.72. The van der Waals surface area contributed by atoms with E-state index in [9.17, 15) is 10.1 Å². The molecule has 7 nitrogen and oxygen atoms in total. The van der Waals surface area contributed by atoms with Crippen LogP contribution in [-0.2, 0) is 0 Å². The number of rotatable bonds is 3. The van der Waals surface area contributed by atoms with E-state index in [4.69, 9.17) is 14.5 Å². The highest BCUT2D eigenvalue weighted by Gasteiger charge is 2.29. The fraction of sp³-hybridized carbons (Fsp3) is 0.316. The van der Waals surface area contributed by atoms with Crippen molar-refractivity contribution in [1.82, 2.24) is 4.98 Å². The van der Waals surface area contributed by atoms with Gasteiger partial charge in [0, 0.05) is 18.7 Å². The second-order valence-electron chi connectivity index (χ2n) is 6.66. The Morgan fingerprint density at radius 2 is 2.00 bits per heavy atom. The molecule has 2 aliphatic heterocycles. The first-order chi connectivity index (χ1) is 13.2. The van der Waals surface area contributed by atoms with Gasteiger partial charge in [-0.1, -0.05) is 17.4 Å². The molecule has 0 amide bonds. The standard InChI is InChI=1S/C19H17N3O4S/c23-22(24)13-4-5-14-18(11-13)27-19(20-14)21-7-1-2-15(21)12-3-6-16-17(10-12)26-9-8-25-16/h3-6,10-11,15H,1-2,7-9H2. The molecule has 0 saturated carbocycles. The van der Waals surface area contributed by atoms with Crippen LogP contribution in [0.1, 0.15) is 24.4 Å². The number of benzene rings is 2. The molecule has 5 rings (SSSR count). The van der Waals surface area contributed by atoms with E-state index in [2.05, 4.69) is 17.0 Å². The maximum atomic E-state index is 11.0. The molecule has 8 heteroatoms. The lowest BCUT2D eigenvalue weighted by Gasteiger charge is -2.26. The van der Waals surface area contributed by atoms with E-state index in [0.717, 1.165) is 46.2 Å². The van der Waals surface area contributed by atoms with E-state index in [0.29, 0.717) is 13.2 Å². The topological polar surface area (TPSA) is 77.7 Å². The molecule has 2 aromatic carbocycles. The summed E-state index contributed by atoms with van der Waals surface area (Å²) in [5.74, 6) is 1.59. The van der Waals surface area contributed by atoms with Crippen molar-refractivity contribution in [2.24, 2.45) is 0 Å². The van der Waals surface area contributed by atoms with Crippen LogP contribution in [0.15, 0.2) is 36.4 Å². The first kappa shape index (κ1) is 16.3. The average molecular weight is 383 g/mol. The van der Waals surface area contributed by atoms with Gasteiger partial charge in [-0.2, -0.15) is 0 Å². The van der Waals surface area contributed by atoms with Gasteiger partial charge in [0.2, 0.25) is 0 Å². The number of non-ortho nitro benzene ring substituents is 1. The molecule has 0 bridgehead atoms. The molecule has 1 saturated heterocycles. The maximum Gasteiger partial charge on any atom is 0.270 e. The Bertz CT molecular complexity index is 1030. The summed E-state index contributed by atoms with van der Waals surface area (Å²) in [6.45, 7) is 2.07. The van der Waals surface area contributed by atoms with E-state index in [-0.39, 0.29) is 16.7 Å². The summed E-state index contributed by atoms with van der Waals surface area (Å²) in [7, 11) is 0. The van der Waals surface area contributed by atoms with Gasteiger partial charge in [0.25, 0.3) is 5.69 Å². The molecule has 1 atom stereocenters. The molecule has 0 spiro atoms. The summed E-state index contributed by atoms with van der Waals surface area (Å²) >= 11 is 1.51. The highest BCUT2D eigenvalue weighted by Crippen LogP contribution is 2.42. The minimum Gasteiger partial charge on any atom is -0.486 e. The summed E-state index contributed by atoms with van der Waals surface area (Å²) in [6, 6.07) is 11.2. The van der Waals surface area contributed by atoms with Crippen LogP contribution in [0.25, 0.3) is 10.2 Å². The van der Waals surface area contributed by atoms with Gasteiger partial charge in [0.1, 0.15) is 13.2 Å². The smallest absolute Gasteiger partial charge is 0.270 e. The lowest BCUT2D eigenvalue weighted by atomic mass is 10.0. The van der Waals surface area contributed by atoms with Gasteiger partial charge in [-0.05, 0) is 36.6 Å². The van der Waals surface area contributed by atoms with E-state index in [1.54, 1.807) is 12.1 Å². The van der Waals surface area contributed by atoms with E-state index in [1.807, 2.05) is 6.07 Å². The number of nitrogens with zero attached hydrogens (tertiary/aromatic N) is 3. The molecule has 0 N–H and O–H groups in total. The first-order valence-electron chi connectivity index (χ1n) is 8.90. The lowest BCUT2D eigenvalue weighted by molar-refractivity contribution is -0.384. The number of fused-ring (bicyclic) bond motifs is 2. The Morgan fingerprint density at radius 3 is 2.85 bits per heavy atom. The van der Waals surface area contributed by atoms with Crippen LogP contribution >= 0.6 is 11.3 Å². The zero-order valence-corrected chi connectivity index (χ0v) is 15.3. The zero-order valence-electron chi connectivity index (χ0n) is 14.5. The molecule has 138 valence electrons. The third-order valence-corrected chi connectivity index (χ3v) is 6.08. The number of hydrogen-bond acceptors (Lipinski definition) is 7. The highest BCUT2D eigenvalue weighted by atomic mass is 32.1. The van der Waals surface area contributed by atoms with Crippen molar-refractivity contribution in [3.63, 3.8) is 0 Å². The van der Waals surface area contributed by atoms with E-state index in [1.165, 1.54) is 23.0 Å². The number of nitro groups is 1. The van der Waals surface area contributed by atoms with Crippen molar-refractivity contribution in [3.05, 3.63) is 52.1 Å². The molecule has 27 heavy (non-hydrogen) atoms. The van der Waals surface area contributed by atoms with Crippen LogP contribution < -0.4 is 14.4 Å². The van der Waals surface area contributed by atoms with Gasteiger partial charge in [-0.3, -0.25) is 10.1 Å². The van der Waals surface area contributed by atoms with E-state index < -0.39 is 0 Å². The number of anilines is 1. The summed E-state index contributed by atoms with van der Waals surface area (Å²) in [6.07, 6.45) is 2.12. The van der Waals surface area contributed by atoms with Gasteiger partial charge in [0.15, 0.2) is 16.6 Å². The molecule has 0 radical (unpaired) electrons. The molecule has 1 aromatic heterocycles. The second-order valence-corrected chi connectivity index (χ2v) is 7.67. The van der Waals surface area contributed by atoms with Crippen LogP contribution in [-0.4, -0.2) is 29.7 Å². The zero-order chi connectivity index (χ0) is 18.4. The van der Waals surface area contributed by atoms with Crippen LogP contribution in [0.2, 0.25) is 0 Å². The Kier molecular flexibility index (Phi) is 3.86. The minimum absolute atomic E-state index is 0.0995. The predicted molar refractivity (Wildman–Crippen MR) is 103 cm³/mol. The van der Waals surface area contributed by atoms with Gasteiger partial charge in [-0.25, -0.2) is 4.98 Å². The largest absolute Gasteiger partial charge is 0.486 e. The maximum absolute atomic E-state index is 11.0. The minimum atomic E-state index is -0.368. The molecule has 0 aliphatic carbocycles. The normalized spacial score (nSPS) is 18.8. The summed E-state index contributed by atoms with van der Waals surface area (Å²) in [5, 5.41) is 11.9. The van der Waals surface area contributed by atoms with Crippen molar-refractivity contribution >= 4 is 32.4 Å². The van der Waals surface area contributed by atoms with E-state index >= 15 is 0 Å². The second kappa shape index (κ2) is 6.38. The lowest BCUT2D eigenvalue weighted by Crippen LogP contribution is -2.22. The number of thiazole rings is 1.